The number of alkyl halides is 1. The number of hydrogen-bond acceptors (Lipinski definition) is 2. The van der Waals surface area contributed by atoms with Crippen LogP contribution >= 0.6 is 10.7 Å². The predicted molar refractivity (Wildman–Crippen MR) is 49.8 cm³/mol. The standard InChI is InChI=1S/C8H8ClFO2S/c1-6-4-2-3-5-7(6)8(10)13(9,11)12/h2-5,8H,1H3. The highest BCUT2D eigenvalue weighted by atomic mass is 35.7. The third kappa shape index (κ3) is 2.42. The van der Waals surface area contributed by atoms with Crippen LogP contribution in [0.1, 0.15) is 16.6 Å². The van der Waals surface area contributed by atoms with Crippen molar-refractivity contribution >= 4 is 19.7 Å². The molecule has 2 nitrogen and oxygen atoms in total. The largest absolute Gasteiger partial charge is 0.269 e. The SMILES string of the molecule is Cc1ccccc1C(F)S(=O)(=O)Cl. The van der Waals surface area contributed by atoms with Crippen LogP contribution in [0.4, 0.5) is 4.39 Å². The maximum Gasteiger partial charge on any atom is 0.269 e. The molecule has 0 N–H and O–H groups in total. The third-order valence-corrected chi connectivity index (χ3v) is 2.90. The average Bonchev–Trinajstić information content (AvgIpc) is 2.02. The lowest BCUT2D eigenvalue weighted by molar-refractivity contribution is 0.436. The number of halogens is 2. The van der Waals surface area contributed by atoms with Crippen LogP contribution in [0.5, 0.6) is 0 Å². The van der Waals surface area contributed by atoms with E-state index in [1.165, 1.54) is 6.07 Å². The fraction of sp³-hybridized carbons (Fsp3) is 0.250. The molecular weight excluding hydrogens is 215 g/mol. The van der Waals surface area contributed by atoms with Crippen LogP contribution in [0.3, 0.4) is 0 Å². The first-order valence-corrected chi connectivity index (χ1v) is 5.93. The van der Waals surface area contributed by atoms with E-state index in [0.29, 0.717) is 5.56 Å². The highest BCUT2D eigenvalue weighted by molar-refractivity contribution is 8.13. The number of hydrogen-bond donors (Lipinski definition) is 0. The van der Waals surface area contributed by atoms with Crippen LogP contribution in [-0.2, 0) is 9.05 Å². The molecule has 1 rings (SSSR count). The highest BCUT2D eigenvalue weighted by Gasteiger charge is 2.25. The van der Waals surface area contributed by atoms with E-state index in [9.17, 15) is 12.8 Å². The second-order valence-corrected chi connectivity index (χ2v) is 5.30. The molecule has 1 unspecified atom stereocenters. The fourth-order valence-corrected chi connectivity index (χ4v) is 1.85. The molecule has 0 aliphatic heterocycles. The van der Waals surface area contributed by atoms with Gasteiger partial charge in [0.25, 0.3) is 9.05 Å². The van der Waals surface area contributed by atoms with Crippen molar-refractivity contribution in [3.8, 4) is 0 Å². The van der Waals surface area contributed by atoms with Gasteiger partial charge in [0.05, 0.1) is 0 Å². The zero-order chi connectivity index (χ0) is 10.1. The van der Waals surface area contributed by atoms with E-state index in [2.05, 4.69) is 0 Å². The first-order valence-electron chi connectivity index (χ1n) is 3.56. The first kappa shape index (κ1) is 10.5. The van der Waals surface area contributed by atoms with Crippen LogP contribution in [0.2, 0.25) is 0 Å². The topological polar surface area (TPSA) is 34.1 Å². The van der Waals surface area contributed by atoms with Gasteiger partial charge in [-0.2, -0.15) is 0 Å². The lowest BCUT2D eigenvalue weighted by Gasteiger charge is -2.07. The minimum absolute atomic E-state index is 0.0949. The summed E-state index contributed by atoms with van der Waals surface area (Å²) >= 11 is 0. The molecule has 0 saturated heterocycles. The Balaban J connectivity index is 3.17. The highest BCUT2D eigenvalue weighted by Crippen LogP contribution is 2.28. The number of rotatable bonds is 2. The molecule has 1 atom stereocenters. The molecule has 5 heteroatoms. The summed E-state index contributed by atoms with van der Waals surface area (Å²) in [7, 11) is 0.715. The summed E-state index contributed by atoms with van der Waals surface area (Å²) in [6, 6.07) is 6.30. The van der Waals surface area contributed by atoms with E-state index >= 15 is 0 Å². The van der Waals surface area contributed by atoms with Crippen LogP contribution in [0.25, 0.3) is 0 Å². The second kappa shape index (κ2) is 3.64. The monoisotopic (exact) mass is 222 g/mol. The maximum atomic E-state index is 13.2. The van der Waals surface area contributed by atoms with Gasteiger partial charge in [-0.05, 0) is 12.5 Å². The molecule has 0 aromatic heterocycles. The van der Waals surface area contributed by atoms with Crippen molar-refractivity contribution in [1.29, 1.82) is 0 Å². The van der Waals surface area contributed by atoms with Crippen molar-refractivity contribution in [1.82, 2.24) is 0 Å². The molecule has 0 bridgehead atoms. The van der Waals surface area contributed by atoms with E-state index < -0.39 is 14.6 Å². The Hall–Kier alpha value is -0.610. The van der Waals surface area contributed by atoms with Crippen molar-refractivity contribution in [3.63, 3.8) is 0 Å². The Labute approximate surface area is 80.8 Å². The van der Waals surface area contributed by atoms with Gasteiger partial charge in [0.2, 0.25) is 5.50 Å². The lowest BCUT2D eigenvalue weighted by atomic mass is 10.1. The summed E-state index contributed by atoms with van der Waals surface area (Å²) in [6.45, 7) is 1.63. The zero-order valence-electron chi connectivity index (χ0n) is 6.87. The number of benzene rings is 1. The molecule has 0 aliphatic carbocycles. The second-order valence-electron chi connectivity index (χ2n) is 2.65. The minimum Gasteiger partial charge on any atom is -0.223 e. The lowest BCUT2D eigenvalue weighted by Crippen LogP contribution is -2.02. The minimum atomic E-state index is -4.17. The van der Waals surface area contributed by atoms with Crippen molar-refractivity contribution in [2.45, 2.75) is 12.4 Å². The molecule has 13 heavy (non-hydrogen) atoms. The van der Waals surface area contributed by atoms with Crippen LogP contribution in [0.15, 0.2) is 24.3 Å². The molecule has 0 spiro atoms. The van der Waals surface area contributed by atoms with Gasteiger partial charge in [0.15, 0.2) is 0 Å². The van der Waals surface area contributed by atoms with E-state index in [1.54, 1.807) is 25.1 Å². The Kier molecular flexibility index (Phi) is 2.93. The van der Waals surface area contributed by atoms with Gasteiger partial charge in [-0.3, -0.25) is 0 Å². The van der Waals surface area contributed by atoms with Gasteiger partial charge in [-0.1, -0.05) is 24.3 Å². The molecule has 1 aromatic carbocycles. The van der Waals surface area contributed by atoms with Gasteiger partial charge in [0, 0.05) is 16.2 Å². The third-order valence-electron chi connectivity index (χ3n) is 1.68. The summed E-state index contributed by atoms with van der Waals surface area (Å²) in [6.07, 6.45) is 0. The zero-order valence-corrected chi connectivity index (χ0v) is 8.44. The molecule has 0 saturated carbocycles. The van der Waals surface area contributed by atoms with Crippen molar-refractivity contribution in [2.75, 3.05) is 0 Å². The quantitative estimate of drug-likeness (QED) is 0.721. The van der Waals surface area contributed by atoms with Gasteiger partial charge in [-0.15, -0.1) is 0 Å². The van der Waals surface area contributed by atoms with E-state index in [4.69, 9.17) is 10.7 Å². The Morgan fingerprint density at radius 3 is 2.38 bits per heavy atom. The van der Waals surface area contributed by atoms with Crippen molar-refractivity contribution < 1.29 is 12.8 Å². The van der Waals surface area contributed by atoms with E-state index in [0.717, 1.165) is 0 Å². The Morgan fingerprint density at radius 1 is 1.38 bits per heavy atom. The Bertz CT molecular complexity index is 402. The molecular formula is C8H8ClFO2S. The summed E-state index contributed by atoms with van der Waals surface area (Å²) in [5, 5.41) is 0. The Morgan fingerprint density at radius 2 is 1.92 bits per heavy atom. The summed E-state index contributed by atoms with van der Waals surface area (Å²) in [5.41, 5.74) is -1.48. The smallest absolute Gasteiger partial charge is 0.223 e. The summed E-state index contributed by atoms with van der Waals surface area (Å²) < 4.78 is 34.5. The molecule has 1 aromatic rings. The van der Waals surface area contributed by atoms with E-state index in [-0.39, 0.29) is 5.56 Å². The van der Waals surface area contributed by atoms with Crippen LogP contribution in [0, 0.1) is 6.92 Å². The molecule has 0 radical (unpaired) electrons. The van der Waals surface area contributed by atoms with Crippen molar-refractivity contribution in [3.05, 3.63) is 35.4 Å². The predicted octanol–water partition coefficient (Wildman–Crippen LogP) is 2.53. The number of aryl methyl sites for hydroxylation is 1. The van der Waals surface area contributed by atoms with Gasteiger partial charge < -0.3 is 0 Å². The molecule has 0 heterocycles. The van der Waals surface area contributed by atoms with Crippen LogP contribution in [-0.4, -0.2) is 8.42 Å². The van der Waals surface area contributed by atoms with Gasteiger partial charge in [0.1, 0.15) is 0 Å². The normalized spacial score (nSPS) is 14.1. The maximum absolute atomic E-state index is 13.2. The van der Waals surface area contributed by atoms with Gasteiger partial charge >= 0.3 is 0 Å². The van der Waals surface area contributed by atoms with Gasteiger partial charge in [-0.25, -0.2) is 12.8 Å². The average molecular weight is 223 g/mol. The molecule has 0 aliphatic rings. The fourth-order valence-electron chi connectivity index (χ4n) is 0.993. The molecule has 0 amide bonds. The first-order chi connectivity index (χ1) is 5.93. The molecule has 0 fully saturated rings. The van der Waals surface area contributed by atoms with E-state index in [1.807, 2.05) is 0 Å². The van der Waals surface area contributed by atoms with Crippen LogP contribution < -0.4 is 0 Å². The summed E-state index contributed by atoms with van der Waals surface area (Å²) in [4.78, 5) is 0. The molecule has 72 valence electrons. The van der Waals surface area contributed by atoms with Crippen molar-refractivity contribution in [2.24, 2.45) is 0 Å². The summed E-state index contributed by atoms with van der Waals surface area (Å²) in [5.74, 6) is 0.